The lowest BCUT2D eigenvalue weighted by atomic mass is 10.0. The molecule has 1 N–H and O–H groups in total. The van der Waals surface area contributed by atoms with Crippen LogP contribution in [0.4, 0.5) is 5.69 Å². The molecule has 3 aromatic carbocycles. The number of aryl methyl sites for hydroxylation is 2. The predicted molar refractivity (Wildman–Crippen MR) is 127 cm³/mol. The zero-order valence-electron chi connectivity index (χ0n) is 19.0. The fourth-order valence-corrected chi connectivity index (χ4v) is 3.30. The molecule has 0 fully saturated rings. The molecule has 0 spiro atoms. The van der Waals surface area contributed by atoms with E-state index in [1.807, 2.05) is 38.1 Å². The van der Waals surface area contributed by atoms with Crippen LogP contribution in [-0.2, 0) is 9.53 Å². The Labute approximate surface area is 193 Å². The summed E-state index contributed by atoms with van der Waals surface area (Å²) in [6.07, 6.45) is -0.104. The minimum absolute atomic E-state index is 0.104. The molecule has 0 radical (unpaired) electrons. The zero-order chi connectivity index (χ0) is 23.8. The van der Waals surface area contributed by atoms with E-state index in [1.54, 1.807) is 55.6 Å². The first-order valence-electron chi connectivity index (χ1n) is 10.6. The van der Waals surface area contributed by atoms with Crippen LogP contribution in [0, 0.1) is 13.8 Å². The molecule has 0 saturated heterocycles. The van der Waals surface area contributed by atoms with E-state index in [1.165, 1.54) is 0 Å². The Morgan fingerprint density at radius 3 is 2.18 bits per heavy atom. The van der Waals surface area contributed by atoms with E-state index in [0.717, 1.165) is 16.8 Å². The van der Waals surface area contributed by atoms with Crippen molar-refractivity contribution in [1.82, 2.24) is 0 Å². The maximum absolute atomic E-state index is 12.9. The quantitative estimate of drug-likeness (QED) is 0.357. The van der Waals surface area contributed by atoms with Gasteiger partial charge in [0.25, 0.3) is 0 Å². The summed E-state index contributed by atoms with van der Waals surface area (Å²) >= 11 is 0. The Morgan fingerprint density at radius 1 is 0.848 bits per heavy atom. The smallest absolute Gasteiger partial charge is 0.329 e. The maximum atomic E-state index is 12.9. The summed E-state index contributed by atoms with van der Waals surface area (Å²) in [5.74, 6) is -0.578. The predicted octanol–water partition coefficient (Wildman–Crippen LogP) is 4.79. The molecular formula is C27H27NO5. The van der Waals surface area contributed by atoms with Gasteiger partial charge < -0.3 is 14.8 Å². The number of nitrogens with one attached hydrogen (secondary N) is 1. The van der Waals surface area contributed by atoms with E-state index in [-0.39, 0.29) is 18.0 Å². The van der Waals surface area contributed by atoms with Crippen molar-refractivity contribution in [3.05, 3.63) is 95.1 Å². The van der Waals surface area contributed by atoms with Crippen LogP contribution in [0.3, 0.4) is 0 Å². The number of rotatable bonds is 10. The number of ketones is 2. The number of esters is 1. The van der Waals surface area contributed by atoms with Gasteiger partial charge >= 0.3 is 5.97 Å². The van der Waals surface area contributed by atoms with Crippen LogP contribution < -0.4 is 10.1 Å². The van der Waals surface area contributed by atoms with Crippen molar-refractivity contribution < 1.29 is 23.9 Å². The number of anilines is 1. The van der Waals surface area contributed by atoms with E-state index < -0.39 is 18.6 Å². The van der Waals surface area contributed by atoms with Crippen molar-refractivity contribution in [1.29, 1.82) is 0 Å². The number of hydrogen-bond acceptors (Lipinski definition) is 6. The van der Waals surface area contributed by atoms with Gasteiger partial charge in [0.1, 0.15) is 11.8 Å². The Kier molecular flexibility index (Phi) is 7.97. The van der Waals surface area contributed by atoms with Gasteiger partial charge in [-0.1, -0.05) is 42.5 Å². The van der Waals surface area contributed by atoms with Crippen LogP contribution in [-0.4, -0.2) is 37.3 Å². The number of carbonyl (C=O) groups is 3. The van der Waals surface area contributed by atoms with Gasteiger partial charge in [0, 0.05) is 23.2 Å². The lowest BCUT2D eigenvalue weighted by Crippen LogP contribution is -2.35. The van der Waals surface area contributed by atoms with Gasteiger partial charge in [0.05, 0.1) is 7.11 Å². The molecule has 3 aromatic rings. The highest BCUT2D eigenvalue weighted by Gasteiger charge is 2.25. The molecule has 0 unspecified atom stereocenters. The largest absolute Gasteiger partial charge is 0.497 e. The first kappa shape index (κ1) is 23.7. The Balaban J connectivity index is 1.73. The number of hydrogen-bond donors (Lipinski definition) is 1. The van der Waals surface area contributed by atoms with Gasteiger partial charge in [-0.3, -0.25) is 9.59 Å². The topological polar surface area (TPSA) is 81.7 Å². The molecule has 3 rings (SSSR count). The maximum Gasteiger partial charge on any atom is 0.329 e. The average Bonchev–Trinajstić information content (AvgIpc) is 2.84. The van der Waals surface area contributed by atoms with Gasteiger partial charge in [-0.25, -0.2) is 4.79 Å². The van der Waals surface area contributed by atoms with Gasteiger partial charge in [0.15, 0.2) is 18.2 Å². The highest BCUT2D eigenvalue weighted by molar-refractivity contribution is 6.01. The van der Waals surface area contributed by atoms with Crippen LogP contribution >= 0.6 is 0 Å². The highest BCUT2D eigenvalue weighted by Crippen LogP contribution is 2.20. The Morgan fingerprint density at radius 2 is 1.52 bits per heavy atom. The summed E-state index contributed by atoms with van der Waals surface area (Å²) in [6.45, 7) is 3.44. The molecule has 0 aliphatic rings. The summed E-state index contributed by atoms with van der Waals surface area (Å²) in [5, 5.41) is 3.14. The van der Waals surface area contributed by atoms with Gasteiger partial charge in [-0.15, -0.1) is 0 Å². The number of ether oxygens (including phenoxy) is 2. The Hall–Kier alpha value is -3.93. The second-order valence-corrected chi connectivity index (χ2v) is 7.77. The van der Waals surface area contributed by atoms with Crippen molar-refractivity contribution in [3.8, 4) is 5.75 Å². The van der Waals surface area contributed by atoms with E-state index in [4.69, 9.17) is 9.47 Å². The third-order valence-corrected chi connectivity index (χ3v) is 5.25. The number of Topliss-reactive ketones (excluding diaryl/α,β-unsaturated/α-hetero) is 2. The standard InChI is InChI=1S/C27H27NO5/c1-18-9-10-19(2)23(15-18)28-24(16-25(29)20-7-5-4-6-8-20)27(31)33-17-26(30)21-11-13-22(32-3)14-12-21/h4-15,24,28H,16-17H2,1-3H3/t24-/m0/s1. The summed E-state index contributed by atoms with van der Waals surface area (Å²) in [5.41, 5.74) is 3.59. The van der Waals surface area contributed by atoms with Crippen molar-refractivity contribution >= 4 is 23.2 Å². The van der Waals surface area contributed by atoms with Crippen molar-refractivity contribution in [2.75, 3.05) is 19.0 Å². The van der Waals surface area contributed by atoms with E-state index in [9.17, 15) is 14.4 Å². The fourth-order valence-electron chi connectivity index (χ4n) is 3.30. The second-order valence-electron chi connectivity index (χ2n) is 7.77. The fraction of sp³-hybridized carbons (Fsp3) is 0.222. The van der Waals surface area contributed by atoms with Crippen LogP contribution in [0.15, 0.2) is 72.8 Å². The molecule has 170 valence electrons. The summed E-state index contributed by atoms with van der Waals surface area (Å²) in [7, 11) is 1.54. The van der Waals surface area contributed by atoms with Crippen molar-refractivity contribution in [2.45, 2.75) is 26.3 Å². The lowest BCUT2D eigenvalue weighted by Gasteiger charge is -2.20. The molecule has 6 nitrogen and oxygen atoms in total. The zero-order valence-corrected chi connectivity index (χ0v) is 19.0. The minimum atomic E-state index is -0.943. The molecule has 0 aliphatic carbocycles. The van der Waals surface area contributed by atoms with Gasteiger partial charge in [0.2, 0.25) is 0 Å². The van der Waals surface area contributed by atoms with Crippen LogP contribution in [0.1, 0.15) is 38.3 Å². The monoisotopic (exact) mass is 445 g/mol. The van der Waals surface area contributed by atoms with Crippen LogP contribution in [0.2, 0.25) is 0 Å². The first-order chi connectivity index (χ1) is 15.9. The normalized spacial score (nSPS) is 11.4. The molecule has 0 heterocycles. The van der Waals surface area contributed by atoms with E-state index in [0.29, 0.717) is 16.9 Å². The average molecular weight is 446 g/mol. The van der Waals surface area contributed by atoms with E-state index in [2.05, 4.69) is 5.32 Å². The summed E-state index contributed by atoms with van der Waals surface area (Å²) in [6, 6.07) is 20.2. The molecule has 0 bridgehead atoms. The molecule has 6 heteroatoms. The van der Waals surface area contributed by atoms with Crippen molar-refractivity contribution in [2.24, 2.45) is 0 Å². The minimum Gasteiger partial charge on any atom is -0.497 e. The molecule has 1 atom stereocenters. The first-order valence-corrected chi connectivity index (χ1v) is 10.6. The molecule has 0 aromatic heterocycles. The molecular weight excluding hydrogens is 418 g/mol. The summed E-state index contributed by atoms with van der Waals surface area (Å²) in [4.78, 5) is 38.2. The highest BCUT2D eigenvalue weighted by atomic mass is 16.5. The molecule has 0 saturated carbocycles. The van der Waals surface area contributed by atoms with Crippen LogP contribution in [0.25, 0.3) is 0 Å². The second kappa shape index (κ2) is 11.1. The summed E-state index contributed by atoms with van der Waals surface area (Å²) < 4.78 is 10.4. The van der Waals surface area contributed by atoms with Gasteiger partial charge in [-0.05, 0) is 55.3 Å². The van der Waals surface area contributed by atoms with Crippen molar-refractivity contribution in [3.63, 3.8) is 0 Å². The third-order valence-electron chi connectivity index (χ3n) is 5.25. The SMILES string of the molecule is COc1ccc(C(=O)COC(=O)[C@H](CC(=O)c2ccccc2)Nc2cc(C)ccc2C)cc1. The molecule has 33 heavy (non-hydrogen) atoms. The Bertz CT molecular complexity index is 1120. The number of carbonyl (C=O) groups excluding carboxylic acids is 3. The lowest BCUT2D eigenvalue weighted by molar-refractivity contribution is -0.143. The third kappa shape index (κ3) is 6.53. The molecule has 0 aliphatic heterocycles. The number of methoxy groups -OCH3 is 1. The number of benzene rings is 3. The van der Waals surface area contributed by atoms with Gasteiger partial charge in [-0.2, -0.15) is 0 Å². The molecule has 0 amide bonds. The van der Waals surface area contributed by atoms with Crippen LogP contribution in [0.5, 0.6) is 5.75 Å². The van der Waals surface area contributed by atoms with E-state index >= 15 is 0 Å².